The second-order valence-electron chi connectivity index (χ2n) is 4.48. The summed E-state index contributed by atoms with van der Waals surface area (Å²) in [7, 11) is 0. The lowest BCUT2D eigenvalue weighted by molar-refractivity contribution is -0.126. The van der Waals surface area contributed by atoms with Gasteiger partial charge in [-0.05, 0) is 24.6 Å². The van der Waals surface area contributed by atoms with Crippen LogP contribution in [0, 0.1) is 0 Å². The third-order valence-electron chi connectivity index (χ3n) is 3.30. The fourth-order valence-electron chi connectivity index (χ4n) is 2.08. The molecule has 1 aromatic carbocycles. The Bertz CT molecular complexity index is 422. The van der Waals surface area contributed by atoms with Gasteiger partial charge >= 0.3 is 0 Å². The maximum atomic E-state index is 11.2. The molecule has 1 heterocycles. The van der Waals surface area contributed by atoms with Gasteiger partial charge in [0.1, 0.15) is 0 Å². The van der Waals surface area contributed by atoms with Crippen LogP contribution >= 0.6 is 15.9 Å². The maximum Gasteiger partial charge on any atom is 0.234 e. The number of halogens is 1. The molecule has 18 heavy (non-hydrogen) atoms. The molecule has 2 N–H and O–H groups in total. The fourth-order valence-corrected chi connectivity index (χ4v) is 2.34. The Morgan fingerprint density at radius 2 is 2.17 bits per heavy atom. The summed E-state index contributed by atoms with van der Waals surface area (Å²) in [6, 6.07) is 7.82. The minimum absolute atomic E-state index is 0.00801. The number of benzene rings is 1. The highest BCUT2D eigenvalue weighted by Crippen LogP contribution is 2.24. The number of carbonyl (C=O) groups excluding carboxylic acids is 1. The molecule has 0 spiro atoms. The number of hydrogen-bond acceptors (Lipinski definition) is 3. The SMILES string of the molecule is CC(C(N)=O)N1CCOC(c2ccc(Br)cc2)C1. The predicted octanol–water partition coefficient (Wildman–Crippen LogP) is 1.70. The number of rotatable bonds is 3. The van der Waals surface area contributed by atoms with E-state index in [4.69, 9.17) is 10.5 Å². The quantitative estimate of drug-likeness (QED) is 0.924. The molecule has 1 fully saturated rings. The van der Waals surface area contributed by atoms with Gasteiger partial charge in [-0.3, -0.25) is 9.69 Å². The summed E-state index contributed by atoms with van der Waals surface area (Å²) < 4.78 is 6.80. The molecular formula is C13H17BrN2O2. The van der Waals surface area contributed by atoms with Crippen molar-refractivity contribution in [1.82, 2.24) is 4.90 Å². The molecule has 4 nitrogen and oxygen atoms in total. The largest absolute Gasteiger partial charge is 0.371 e. The third kappa shape index (κ3) is 3.10. The molecular weight excluding hydrogens is 296 g/mol. The molecule has 1 aromatic rings. The fraction of sp³-hybridized carbons (Fsp3) is 0.462. The van der Waals surface area contributed by atoms with E-state index in [9.17, 15) is 4.79 Å². The lowest BCUT2D eigenvalue weighted by atomic mass is 10.1. The lowest BCUT2D eigenvalue weighted by Gasteiger charge is -2.35. The molecule has 0 bridgehead atoms. The zero-order chi connectivity index (χ0) is 13.1. The maximum absolute atomic E-state index is 11.2. The van der Waals surface area contributed by atoms with Gasteiger partial charge in [0.15, 0.2) is 0 Å². The van der Waals surface area contributed by atoms with Crippen LogP contribution in [0.25, 0.3) is 0 Å². The van der Waals surface area contributed by atoms with Crippen LogP contribution in [-0.2, 0) is 9.53 Å². The summed E-state index contributed by atoms with van der Waals surface area (Å²) in [6.45, 7) is 3.91. The highest BCUT2D eigenvalue weighted by atomic mass is 79.9. The van der Waals surface area contributed by atoms with Crippen molar-refractivity contribution in [3.05, 3.63) is 34.3 Å². The normalized spacial score (nSPS) is 22.7. The molecule has 98 valence electrons. The Hall–Kier alpha value is -0.910. The monoisotopic (exact) mass is 312 g/mol. The van der Waals surface area contributed by atoms with Gasteiger partial charge in [-0.2, -0.15) is 0 Å². The van der Waals surface area contributed by atoms with E-state index in [0.717, 1.165) is 16.6 Å². The van der Waals surface area contributed by atoms with E-state index < -0.39 is 0 Å². The van der Waals surface area contributed by atoms with Crippen LogP contribution in [0.3, 0.4) is 0 Å². The van der Waals surface area contributed by atoms with Gasteiger partial charge in [0.2, 0.25) is 5.91 Å². The summed E-state index contributed by atoms with van der Waals surface area (Å²) in [4.78, 5) is 13.3. The Morgan fingerprint density at radius 1 is 1.50 bits per heavy atom. The molecule has 1 amide bonds. The Labute approximate surface area is 115 Å². The van der Waals surface area contributed by atoms with Crippen molar-refractivity contribution < 1.29 is 9.53 Å². The molecule has 2 unspecified atom stereocenters. The van der Waals surface area contributed by atoms with Gasteiger partial charge in [0.25, 0.3) is 0 Å². The minimum atomic E-state index is -0.286. The van der Waals surface area contributed by atoms with Gasteiger partial charge in [-0.25, -0.2) is 0 Å². The number of nitrogens with two attached hydrogens (primary N) is 1. The van der Waals surface area contributed by atoms with Crippen molar-refractivity contribution in [3.8, 4) is 0 Å². The highest BCUT2D eigenvalue weighted by molar-refractivity contribution is 9.10. The number of ether oxygens (including phenoxy) is 1. The first-order chi connectivity index (χ1) is 8.58. The zero-order valence-corrected chi connectivity index (χ0v) is 11.9. The van der Waals surface area contributed by atoms with Crippen molar-refractivity contribution >= 4 is 21.8 Å². The number of nitrogens with zero attached hydrogens (tertiary/aromatic N) is 1. The van der Waals surface area contributed by atoms with E-state index in [0.29, 0.717) is 13.2 Å². The second-order valence-corrected chi connectivity index (χ2v) is 5.40. The molecule has 0 radical (unpaired) electrons. The summed E-state index contributed by atoms with van der Waals surface area (Å²) >= 11 is 3.41. The van der Waals surface area contributed by atoms with E-state index in [-0.39, 0.29) is 18.1 Å². The van der Waals surface area contributed by atoms with E-state index in [2.05, 4.69) is 20.8 Å². The van der Waals surface area contributed by atoms with E-state index in [1.165, 1.54) is 0 Å². The van der Waals surface area contributed by atoms with Crippen molar-refractivity contribution in [2.75, 3.05) is 19.7 Å². The van der Waals surface area contributed by atoms with Crippen LogP contribution in [0.2, 0.25) is 0 Å². The Balaban J connectivity index is 2.06. The van der Waals surface area contributed by atoms with Crippen LogP contribution in [-0.4, -0.2) is 36.5 Å². The molecule has 0 saturated carbocycles. The summed E-state index contributed by atoms with van der Waals surface area (Å²) in [5.74, 6) is -0.286. The zero-order valence-electron chi connectivity index (χ0n) is 10.3. The van der Waals surface area contributed by atoms with E-state index >= 15 is 0 Å². The first-order valence-corrected chi connectivity index (χ1v) is 6.77. The molecule has 0 aliphatic carbocycles. The van der Waals surface area contributed by atoms with Crippen molar-refractivity contribution in [3.63, 3.8) is 0 Å². The average Bonchev–Trinajstić information content (AvgIpc) is 2.38. The topological polar surface area (TPSA) is 55.6 Å². The smallest absolute Gasteiger partial charge is 0.234 e. The van der Waals surface area contributed by atoms with Crippen LogP contribution < -0.4 is 5.73 Å². The van der Waals surface area contributed by atoms with Crippen molar-refractivity contribution in [1.29, 1.82) is 0 Å². The summed E-state index contributed by atoms with van der Waals surface area (Å²) in [6.07, 6.45) is 0.00801. The molecule has 0 aromatic heterocycles. The van der Waals surface area contributed by atoms with Crippen LogP contribution in [0.15, 0.2) is 28.7 Å². The Morgan fingerprint density at radius 3 is 2.78 bits per heavy atom. The second kappa shape index (κ2) is 5.82. The first-order valence-electron chi connectivity index (χ1n) is 5.98. The number of hydrogen-bond donors (Lipinski definition) is 1. The predicted molar refractivity (Wildman–Crippen MR) is 73.1 cm³/mol. The highest BCUT2D eigenvalue weighted by Gasteiger charge is 2.27. The number of morpholine rings is 1. The van der Waals surface area contributed by atoms with Crippen LogP contribution in [0.5, 0.6) is 0 Å². The van der Waals surface area contributed by atoms with E-state index in [1.54, 1.807) is 0 Å². The number of primary amides is 1. The van der Waals surface area contributed by atoms with Crippen molar-refractivity contribution in [2.24, 2.45) is 5.73 Å². The summed E-state index contributed by atoms with van der Waals surface area (Å²) in [5.41, 5.74) is 6.47. The van der Waals surface area contributed by atoms with Crippen LogP contribution in [0.1, 0.15) is 18.6 Å². The molecule has 1 aliphatic heterocycles. The molecule has 5 heteroatoms. The van der Waals surface area contributed by atoms with Gasteiger partial charge < -0.3 is 10.5 Å². The lowest BCUT2D eigenvalue weighted by Crippen LogP contribution is -2.48. The summed E-state index contributed by atoms with van der Waals surface area (Å²) in [5, 5.41) is 0. The van der Waals surface area contributed by atoms with Gasteiger partial charge in [-0.15, -0.1) is 0 Å². The third-order valence-corrected chi connectivity index (χ3v) is 3.83. The number of amides is 1. The number of carbonyl (C=O) groups is 1. The molecule has 1 saturated heterocycles. The van der Waals surface area contributed by atoms with Gasteiger partial charge in [0.05, 0.1) is 18.8 Å². The van der Waals surface area contributed by atoms with Gasteiger partial charge in [0, 0.05) is 17.6 Å². The molecule has 2 atom stereocenters. The molecule has 2 rings (SSSR count). The average molecular weight is 313 g/mol. The first kappa shape index (κ1) is 13.5. The standard InChI is InChI=1S/C13H17BrN2O2/c1-9(13(15)17)16-6-7-18-12(8-16)10-2-4-11(14)5-3-10/h2-5,9,12H,6-8H2,1H3,(H2,15,17). The minimum Gasteiger partial charge on any atom is -0.371 e. The Kier molecular flexibility index (Phi) is 4.37. The van der Waals surface area contributed by atoms with Crippen LogP contribution in [0.4, 0.5) is 0 Å². The van der Waals surface area contributed by atoms with E-state index in [1.807, 2.05) is 31.2 Å². The van der Waals surface area contributed by atoms with Crippen molar-refractivity contribution in [2.45, 2.75) is 19.1 Å². The molecule has 1 aliphatic rings. The van der Waals surface area contributed by atoms with Gasteiger partial charge in [-0.1, -0.05) is 28.1 Å².